The Morgan fingerprint density at radius 3 is 1.03 bits per heavy atom. The van der Waals surface area contributed by atoms with Gasteiger partial charge >= 0.3 is 38.3 Å². The minimum Gasteiger partial charge on any atom is -0.293 e. The fourth-order valence-corrected chi connectivity index (χ4v) is 16.5. The smallest absolute Gasteiger partial charge is 0.293 e. The van der Waals surface area contributed by atoms with E-state index in [-0.39, 0.29) is 0 Å². The molecule has 2 atom stereocenters. The SMILES string of the molecule is FC(F)(F)C(OP1(Cl)=NP(Cl)(Cl)=NP(Cl)(OC(C(F)(F)F)C(F)(F)F)=N1)C(F)(F)F. The molecule has 5 nitrogen and oxygen atoms in total. The number of hydrogen-bond donors (Lipinski definition) is 0. The van der Waals surface area contributed by atoms with E-state index >= 15 is 0 Å². The van der Waals surface area contributed by atoms with Crippen molar-refractivity contribution in [2.75, 3.05) is 0 Å². The van der Waals surface area contributed by atoms with Crippen LogP contribution in [-0.2, 0) is 9.05 Å². The van der Waals surface area contributed by atoms with Crippen molar-refractivity contribution in [2.24, 2.45) is 13.5 Å². The van der Waals surface area contributed by atoms with Gasteiger partial charge in [0.25, 0.3) is 18.1 Å². The summed E-state index contributed by atoms with van der Waals surface area (Å²) in [6.45, 7) is -11.0. The van der Waals surface area contributed by atoms with Crippen LogP contribution in [0.4, 0.5) is 52.7 Å². The molecule has 0 saturated heterocycles. The van der Waals surface area contributed by atoms with E-state index in [1.54, 1.807) is 0 Å². The maximum atomic E-state index is 12.6. The average molecular weight is 611 g/mol. The van der Waals surface area contributed by atoms with Crippen molar-refractivity contribution in [1.29, 1.82) is 0 Å². The molecule has 0 spiro atoms. The predicted octanol–water partition coefficient (Wildman–Crippen LogP) is 9.81. The quantitative estimate of drug-likeness (QED) is 0.235. The number of halogens is 16. The molecule has 0 aromatic carbocycles. The van der Waals surface area contributed by atoms with Gasteiger partial charge in [-0.25, -0.2) is 0 Å². The molecule has 2 unspecified atom stereocenters. The van der Waals surface area contributed by atoms with Crippen LogP contribution in [0.25, 0.3) is 0 Å². The normalized spacial score (nSPS) is 28.2. The van der Waals surface area contributed by atoms with Crippen molar-refractivity contribution in [2.45, 2.75) is 36.9 Å². The Labute approximate surface area is 176 Å². The van der Waals surface area contributed by atoms with E-state index in [2.05, 4.69) is 22.6 Å². The van der Waals surface area contributed by atoms with Crippen molar-refractivity contribution in [1.82, 2.24) is 0 Å². The molecule has 0 aromatic heterocycles. The van der Waals surface area contributed by atoms with Gasteiger partial charge in [0.05, 0.1) is 0 Å². The number of alkyl halides is 12. The van der Waals surface area contributed by atoms with Gasteiger partial charge in [0.2, 0.25) is 0 Å². The molecule has 0 N–H and O–H groups in total. The second-order valence-electron chi connectivity index (χ2n) is 4.81. The summed E-state index contributed by atoms with van der Waals surface area (Å²) in [4.78, 5) is 0. The zero-order valence-electron chi connectivity index (χ0n) is 12.7. The van der Waals surface area contributed by atoms with Gasteiger partial charge in [0, 0.05) is 0 Å². The van der Waals surface area contributed by atoms with E-state index < -0.39 is 56.4 Å². The van der Waals surface area contributed by atoms with Gasteiger partial charge in [-0.1, -0.05) is 0 Å². The van der Waals surface area contributed by atoms with Crippen LogP contribution in [0.3, 0.4) is 0 Å². The largest absolute Gasteiger partial charge is 0.424 e. The fraction of sp³-hybridized carbons (Fsp3) is 1.00. The van der Waals surface area contributed by atoms with Gasteiger partial charge in [-0.3, -0.25) is 9.05 Å². The monoisotopic (exact) mass is 609 g/mol. The molecule has 0 amide bonds. The highest BCUT2D eigenvalue weighted by molar-refractivity contribution is 8.16. The Morgan fingerprint density at radius 1 is 0.500 bits per heavy atom. The first-order valence-electron chi connectivity index (χ1n) is 6.14. The van der Waals surface area contributed by atoms with E-state index in [9.17, 15) is 52.7 Å². The molecule has 1 aliphatic rings. The zero-order valence-corrected chi connectivity index (χ0v) is 18.4. The summed E-state index contributed by atoms with van der Waals surface area (Å²) in [5.41, 5.74) is 0. The maximum Gasteiger partial charge on any atom is 0.424 e. The zero-order chi connectivity index (χ0) is 24.2. The van der Waals surface area contributed by atoms with Crippen LogP contribution in [0.1, 0.15) is 0 Å². The Bertz CT molecular complexity index is 762. The summed E-state index contributed by atoms with van der Waals surface area (Å²) in [6.07, 6.45) is -34.3. The van der Waals surface area contributed by atoms with Gasteiger partial charge in [0.15, 0.2) is 0 Å². The van der Waals surface area contributed by atoms with Gasteiger partial charge in [-0.15, -0.1) is 0 Å². The summed E-state index contributed by atoms with van der Waals surface area (Å²) in [7, 11) is 0. The first-order valence-corrected chi connectivity index (χ1v) is 14.7. The van der Waals surface area contributed by atoms with E-state index in [0.717, 1.165) is 0 Å². The van der Waals surface area contributed by atoms with Gasteiger partial charge < -0.3 is 0 Å². The van der Waals surface area contributed by atoms with Crippen LogP contribution in [0.2, 0.25) is 0 Å². The molecule has 24 heteroatoms. The first kappa shape index (κ1) is 29.0. The molecule has 180 valence electrons. The average Bonchev–Trinajstić information content (AvgIpc) is 2.35. The third-order valence-corrected chi connectivity index (χ3v) is 13.9. The molecular weight excluding hydrogens is 609 g/mol. The fourth-order valence-electron chi connectivity index (χ4n) is 1.42. The van der Waals surface area contributed by atoms with E-state index in [1.807, 2.05) is 0 Å². The lowest BCUT2D eigenvalue weighted by Gasteiger charge is -2.31. The Kier molecular flexibility index (Phi) is 8.31. The molecule has 1 aliphatic heterocycles. The highest BCUT2D eigenvalue weighted by Crippen LogP contribution is 2.86. The molecule has 1 heterocycles. The van der Waals surface area contributed by atoms with Gasteiger partial charge in [-0.05, 0) is 45.0 Å². The molecule has 1 rings (SSSR count). The van der Waals surface area contributed by atoms with Crippen LogP contribution in [0.5, 0.6) is 0 Å². The van der Waals surface area contributed by atoms with Crippen LogP contribution >= 0.6 is 64.4 Å². The summed E-state index contributed by atoms with van der Waals surface area (Å²) in [5.74, 6) is -4.69. The van der Waals surface area contributed by atoms with Crippen molar-refractivity contribution in [3.05, 3.63) is 0 Å². The Hall–Kier alpha value is 0.930. The lowest BCUT2D eigenvalue weighted by molar-refractivity contribution is -0.299. The Morgan fingerprint density at radius 2 is 0.767 bits per heavy atom. The minimum absolute atomic E-state index is 2.61. The minimum atomic E-state index is -6.21. The number of rotatable bonds is 4. The summed E-state index contributed by atoms with van der Waals surface area (Å²) in [5, 5.41) is 0. The van der Waals surface area contributed by atoms with Crippen molar-refractivity contribution < 1.29 is 61.7 Å². The van der Waals surface area contributed by atoms with Crippen molar-refractivity contribution in [3.63, 3.8) is 0 Å². The molecule has 30 heavy (non-hydrogen) atoms. The standard InChI is InChI=1S/C6H2Cl4F12N3O2P3/c7-28(8)23-29(9,26-1(3(11,12)13)4(14,15)16)25-30(10,24-28)27-2(5(17,18)19)6(20,21)22/h1-2H. The van der Waals surface area contributed by atoms with E-state index in [0.29, 0.717) is 0 Å². The maximum absolute atomic E-state index is 12.6. The first-order chi connectivity index (χ1) is 12.8. The Balaban J connectivity index is 3.61. The van der Waals surface area contributed by atoms with Crippen LogP contribution in [0.15, 0.2) is 13.5 Å². The van der Waals surface area contributed by atoms with Crippen molar-refractivity contribution >= 4 is 64.4 Å². The van der Waals surface area contributed by atoms with E-state index in [4.69, 9.17) is 45.0 Å². The molecule has 0 radical (unpaired) electrons. The molecule has 0 saturated carbocycles. The highest BCUT2D eigenvalue weighted by Gasteiger charge is 2.62. The number of nitrogens with zero attached hydrogens (tertiary/aromatic N) is 3. The molecule has 0 bridgehead atoms. The van der Waals surface area contributed by atoms with Crippen LogP contribution in [-0.4, -0.2) is 36.9 Å². The van der Waals surface area contributed by atoms with E-state index in [1.165, 1.54) is 0 Å². The molecular formula is C6H2Cl4F12N3O2P3. The number of hydrogen-bond acceptors (Lipinski definition) is 5. The highest BCUT2D eigenvalue weighted by atomic mass is 35.9. The van der Waals surface area contributed by atoms with Crippen molar-refractivity contribution in [3.8, 4) is 0 Å². The summed E-state index contributed by atoms with van der Waals surface area (Å²) < 4.78 is 167. The predicted molar refractivity (Wildman–Crippen MR) is 85.4 cm³/mol. The lowest BCUT2D eigenvalue weighted by Crippen LogP contribution is -2.43. The summed E-state index contributed by atoms with van der Waals surface area (Å²) >= 11 is 21.3. The molecule has 0 aromatic rings. The third kappa shape index (κ3) is 8.06. The second-order valence-corrected chi connectivity index (χ2v) is 16.2. The summed E-state index contributed by atoms with van der Waals surface area (Å²) in [6, 6.07) is 0. The van der Waals surface area contributed by atoms with Crippen LogP contribution in [0, 0.1) is 0 Å². The molecule has 0 aliphatic carbocycles. The van der Waals surface area contributed by atoms with Crippen LogP contribution < -0.4 is 0 Å². The third-order valence-electron chi connectivity index (χ3n) is 2.32. The topological polar surface area (TPSA) is 55.5 Å². The lowest BCUT2D eigenvalue weighted by atomic mass is 10.3. The van der Waals surface area contributed by atoms with Gasteiger partial charge in [0.1, 0.15) is 0 Å². The molecule has 0 fully saturated rings. The van der Waals surface area contributed by atoms with Gasteiger partial charge in [-0.2, -0.15) is 66.2 Å². The second kappa shape index (κ2) is 8.61.